The van der Waals surface area contributed by atoms with Crippen molar-refractivity contribution in [3.05, 3.63) is 35.9 Å². The molecule has 8 heteroatoms. The van der Waals surface area contributed by atoms with E-state index in [0.717, 1.165) is 36.9 Å². The largest absolute Gasteiger partial charge is 0.371 e. The highest BCUT2D eigenvalue weighted by molar-refractivity contribution is 7.09. The normalized spacial score (nSPS) is 20.0. The Hall–Kier alpha value is -2.06. The Kier molecular flexibility index (Phi) is 4.39. The van der Waals surface area contributed by atoms with Crippen LogP contribution in [0.3, 0.4) is 0 Å². The van der Waals surface area contributed by atoms with Gasteiger partial charge in [-0.2, -0.15) is 4.37 Å². The summed E-state index contributed by atoms with van der Waals surface area (Å²) in [5, 5.41) is 0.978. The Bertz CT molecular complexity index is 743. The first kappa shape index (κ1) is 16.4. The average Bonchev–Trinajstić information content (AvgIpc) is 3.09. The van der Waals surface area contributed by atoms with Crippen LogP contribution in [0.5, 0.6) is 0 Å². The topological polar surface area (TPSA) is 71.5 Å². The van der Waals surface area contributed by atoms with Crippen molar-refractivity contribution in [1.29, 1.82) is 0 Å². The van der Waals surface area contributed by atoms with E-state index >= 15 is 0 Å². The third-order valence-corrected chi connectivity index (χ3v) is 5.77. The standard InChI is InChI=1S/C17H21N5O2S/c1-13-19-16(25-20-13)21-7-4-17(5-8-21)12-22(9-10-24-17)15(23)14-3-2-6-18-11-14/h2-3,6,11H,4-5,7-10,12H2,1H3. The van der Waals surface area contributed by atoms with E-state index in [9.17, 15) is 4.79 Å². The van der Waals surface area contributed by atoms with Crippen molar-refractivity contribution in [3.63, 3.8) is 0 Å². The second-order valence-corrected chi connectivity index (χ2v) is 7.34. The molecule has 1 spiro atoms. The van der Waals surface area contributed by atoms with Crippen LogP contribution in [0.2, 0.25) is 0 Å². The predicted octanol–water partition coefficient (Wildman–Crippen LogP) is 1.75. The van der Waals surface area contributed by atoms with E-state index in [4.69, 9.17) is 4.74 Å². The number of hydrogen-bond acceptors (Lipinski definition) is 7. The number of aryl methyl sites for hydroxylation is 1. The quantitative estimate of drug-likeness (QED) is 0.814. The number of aromatic nitrogens is 3. The maximum atomic E-state index is 12.7. The third kappa shape index (κ3) is 3.36. The highest BCUT2D eigenvalue weighted by atomic mass is 32.1. The average molecular weight is 359 g/mol. The van der Waals surface area contributed by atoms with Gasteiger partial charge in [0.25, 0.3) is 5.91 Å². The lowest BCUT2D eigenvalue weighted by molar-refractivity contribution is -0.111. The van der Waals surface area contributed by atoms with Gasteiger partial charge in [0.15, 0.2) is 0 Å². The van der Waals surface area contributed by atoms with Gasteiger partial charge < -0.3 is 14.5 Å². The Morgan fingerprint density at radius 1 is 1.32 bits per heavy atom. The summed E-state index contributed by atoms with van der Waals surface area (Å²) in [5.74, 6) is 0.861. The zero-order chi connectivity index (χ0) is 17.3. The smallest absolute Gasteiger partial charge is 0.255 e. The molecule has 2 aromatic rings. The molecule has 2 aromatic heterocycles. The number of carbonyl (C=O) groups is 1. The molecule has 25 heavy (non-hydrogen) atoms. The first-order chi connectivity index (χ1) is 12.2. The van der Waals surface area contributed by atoms with Gasteiger partial charge in [0.05, 0.1) is 24.3 Å². The number of nitrogens with zero attached hydrogens (tertiary/aromatic N) is 5. The van der Waals surface area contributed by atoms with Crippen molar-refractivity contribution in [3.8, 4) is 0 Å². The molecular weight excluding hydrogens is 338 g/mol. The van der Waals surface area contributed by atoms with Crippen LogP contribution in [0.1, 0.15) is 29.0 Å². The van der Waals surface area contributed by atoms with E-state index < -0.39 is 0 Å². The molecule has 0 aromatic carbocycles. The Labute approximate surface area is 150 Å². The number of amides is 1. The van der Waals surface area contributed by atoms with Gasteiger partial charge in [-0.3, -0.25) is 9.78 Å². The molecule has 0 saturated carbocycles. The highest BCUT2D eigenvalue weighted by Crippen LogP contribution is 2.33. The summed E-state index contributed by atoms with van der Waals surface area (Å²) in [4.78, 5) is 25.4. The van der Waals surface area contributed by atoms with Crippen molar-refractivity contribution in [2.75, 3.05) is 37.7 Å². The Morgan fingerprint density at radius 2 is 2.16 bits per heavy atom. The minimum Gasteiger partial charge on any atom is -0.371 e. The molecule has 2 saturated heterocycles. The van der Waals surface area contributed by atoms with Crippen LogP contribution in [0.25, 0.3) is 0 Å². The zero-order valence-electron chi connectivity index (χ0n) is 14.2. The molecule has 2 aliphatic rings. The van der Waals surface area contributed by atoms with Gasteiger partial charge in [-0.15, -0.1) is 0 Å². The van der Waals surface area contributed by atoms with Gasteiger partial charge >= 0.3 is 0 Å². The maximum absolute atomic E-state index is 12.7. The number of morpholine rings is 1. The van der Waals surface area contributed by atoms with Crippen LogP contribution in [-0.4, -0.2) is 63.5 Å². The molecule has 0 unspecified atom stereocenters. The van der Waals surface area contributed by atoms with E-state index in [1.807, 2.05) is 17.9 Å². The number of piperidine rings is 1. The van der Waals surface area contributed by atoms with Crippen molar-refractivity contribution in [2.45, 2.75) is 25.4 Å². The molecule has 2 aliphatic heterocycles. The number of carbonyl (C=O) groups excluding carboxylic acids is 1. The van der Waals surface area contributed by atoms with E-state index in [0.29, 0.717) is 25.3 Å². The van der Waals surface area contributed by atoms with Gasteiger partial charge in [0, 0.05) is 43.6 Å². The fraction of sp³-hybridized carbons (Fsp3) is 0.529. The van der Waals surface area contributed by atoms with Crippen molar-refractivity contribution < 1.29 is 9.53 Å². The monoisotopic (exact) mass is 359 g/mol. The molecule has 4 heterocycles. The van der Waals surface area contributed by atoms with Gasteiger partial charge in [0.2, 0.25) is 5.13 Å². The van der Waals surface area contributed by atoms with Crippen molar-refractivity contribution in [1.82, 2.24) is 19.2 Å². The number of rotatable bonds is 2. The summed E-state index contributed by atoms with van der Waals surface area (Å²) in [6.45, 7) is 5.53. The lowest BCUT2D eigenvalue weighted by Gasteiger charge is -2.47. The van der Waals surface area contributed by atoms with E-state index in [-0.39, 0.29) is 11.5 Å². The van der Waals surface area contributed by atoms with Gasteiger partial charge in [-0.1, -0.05) is 0 Å². The van der Waals surface area contributed by atoms with Gasteiger partial charge in [-0.25, -0.2) is 4.98 Å². The molecular formula is C17H21N5O2S. The number of pyridine rings is 1. The van der Waals surface area contributed by atoms with Crippen LogP contribution < -0.4 is 4.90 Å². The second kappa shape index (κ2) is 6.68. The number of ether oxygens (including phenoxy) is 1. The summed E-state index contributed by atoms with van der Waals surface area (Å²) in [6.07, 6.45) is 5.10. The van der Waals surface area contributed by atoms with Crippen LogP contribution in [0, 0.1) is 6.92 Å². The predicted molar refractivity (Wildman–Crippen MR) is 94.9 cm³/mol. The maximum Gasteiger partial charge on any atom is 0.255 e. The van der Waals surface area contributed by atoms with Crippen molar-refractivity contribution >= 4 is 22.6 Å². The van der Waals surface area contributed by atoms with Gasteiger partial charge in [-0.05, 0) is 31.9 Å². The number of anilines is 1. The lowest BCUT2D eigenvalue weighted by atomic mass is 9.89. The fourth-order valence-electron chi connectivity index (χ4n) is 3.51. The SMILES string of the molecule is Cc1nsc(N2CCC3(CC2)CN(C(=O)c2cccnc2)CCO3)n1. The molecule has 0 aliphatic carbocycles. The second-order valence-electron chi connectivity index (χ2n) is 6.61. The third-order valence-electron chi connectivity index (χ3n) is 4.91. The number of hydrogen-bond donors (Lipinski definition) is 0. The summed E-state index contributed by atoms with van der Waals surface area (Å²) >= 11 is 1.45. The van der Waals surface area contributed by atoms with Gasteiger partial charge in [0.1, 0.15) is 5.82 Å². The molecule has 0 atom stereocenters. The minimum absolute atomic E-state index is 0.0398. The Morgan fingerprint density at radius 3 is 2.84 bits per heavy atom. The fourth-order valence-corrected chi connectivity index (χ4v) is 4.24. The summed E-state index contributed by atoms with van der Waals surface area (Å²) < 4.78 is 10.4. The minimum atomic E-state index is -0.244. The lowest BCUT2D eigenvalue weighted by Crippen LogP contribution is -2.58. The molecule has 0 radical (unpaired) electrons. The molecule has 1 amide bonds. The van der Waals surface area contributed by atoms with E-state index in [2.05, 4.69) is 19.2 Å². The first-order valence-electron chi connectivity index (χ1n) is 8.54. The molecule has 132 valence electrons. The first-order valence-corrected chi connectivity index (χ1v) is 9.31. The molecule has 2 fully saturated rings. The van der Waals surface area contributed by atoms with E-state index in [1.165, 1.54) is 11.5 Å². The summed E-state index contributed by atoms with van der Waals surface area (Å²) in [7, 11) is 0. The van der Waals surface area contributed by atoms with Crippen LogP contribution in [0.15, 0.2) is 24.5 Å². The van der Waals surface area contributed by atoms with Crippen molar-refractivity contribution in [2.24, 2.45) is 0 Å². The summed E-state index contributed by atoms with van der Waals surface area (Å²) in [6, 6.07) is 3.61. The molecule has 0 N–H and O–H groups in total. The Balaban J connectivity index is 1.42. The molecule has 7 nitrogen and oxygen atoms in total. The highest BCUT2D eigenvalue weighted by Gasteiger charge is 2.41. The van der Waals surface area contributed by atoms with E-state index in [1.54, 1.807) is 18.5 Å². The van der Waals surface area contributed by atoms with Crippen LogP contribution in [0.4, 0.5) is 5.13 Å². The summed E-state index contributed by atoms with van der Waals surface area (Å²) in [5.41, 5.74) is 0.396. The van der Waals surface area contributed by atoms with Crippen LogP contribution in [-0.2, 0) is 4.74 Å². The zero-order valence-corrected chi connectivity index (χ0v) is 15.0. The van der Waals surface area contributed by atoms with Crippen LogP contribution >= 0.6 is 11.5 Å². The molecule has 4 rings (SSSR count). The molecule has 0 bridgehead atoms.